The van der Waals surface area contributed by atoms with Crippen LogP contribution in [0.3, 0.4) is 0 Å². The number of hydrogen-bond donors (Lipinski definition) is 0. The molecule has 0 aromatic heterocycles. The van der Waals surface area contributed by atoms with Gasteiger partial charge in [-0.25, -0.2) is 0 Å². The van der Waals surface area contributed by atoms with Crippen LogP contribution < -0.4 is 0 Å². The summed E-state index contributed by atoms with van der Waals surface area (Å²) in [5.74, 6) is 0. The van der Waals surface area contributed by atoms with E-state index in [2.05, 4.69) is 82.7 Å². The Kier molecular flexibility index (Phi) is 5.60. The van der Waals surface area contributed by atoms with Crippen molar-refractivity contribution in [3.05, 3.63) is 83.1 Å². The van der Waals surface area contributed by atoms with Crippen molar-refractivity contribution in [3.8, 4) is 0 Å². The molecule has 0 saturated carbocycles. The van der Waals surface area contributed by atoms with Gasteiger partial charge in [0.25, 0.3) is 0 Å². The second kappa shape index (κ2) is 7.44. The summed E-state index contributed by atoms with van der Waals surface area (Å²) < 4.78 is 6.39. The third-order valence-electron chi connectivity index (χ3n) is 2.93. The molecule has 0 atom stereocenters. The normalized spacial score (nSPS) is 17.4. The van der Waals surface area contributed by atoms with Gasteiger partial charge in [-0.1, -0.05) is 0 Å². The van der Waals surface area contributed by atoms with Crippen LogP contribution in [0, 0.1) is 3.57 Å². The standard InChI is InChI=1S/C19H21I/c1-4-7-16(2)8-5-9-18-10-6-11-19(14-18)20-13-12-17(3)15-20/h4-15H,1-3H3/b7-4-,9-5+,16-8-. The summed E-state index contributed by atoms with van der Waals surface area (Å²) in [5, 5.41) is 0. The summed E-state index contributed by atoms with van der Waals surface area (Å²) in [5.41, 5.74) is 3.98. The van der Waals surface area contributed by atoms with Crippen molar-refractivity contribution in [1.29, 1.82) is 0 Å². The molecule has 104 valence electrons. The van der Waals surface area contributed by atoms with E-state index in [4.69, 9.17) is 0 Å². The van der Waals surface area contributed by atoms with Gasteiger partial charge in [0.2, 0.25) is 0 Å². The molecule has 0 bridgehead atoms. The molecule has 0 amide bonds. The topological polar surface area (TPSA) is 0 Å². The Balaban J connectivity index is 2.13. The second-order valence-electron chi connectivity index (χ2n) is 4.81. The van der Waals surface area contributed by atoms with Crippen LogP contribution in [0.15, 0.2) is 74.0 Å². The Bertz CT molecular complexity index is 612. The van der Waals surface area contributed by atoms with Crippen molar-refractivity contribution in [2.24, 2.45) is 0 Å². The fourth-order valence-corrected chi connectivity index (χ4v) is 6.48. The number of benzene rings is 1. The summed E-state index contributed by atoms with van der Waals surface area (Å²) in [4.78, 5) is 0. The Morgan fingerprint density at radius 3 is 2.80 bits per heavy atom. The van der Waals surface area contributed by atoms with E-state index in [0.29, 0.717) is 0 Å². The van der Waals surface area contributed by atoms with E-state index in [1.54, 1.807) is 0 Å². The second-order valence-corrected chi connectivity index (χ2v) is 9.37. The molecule has 0 N–H and O–H groups in total. The number of allylic oxidation sites excluding steroid dienone is 7. The SMILES string of the molecule is C\C=C/C(C)=C\C=C\c1cccc(I2C=CC(C)=C2)c1. The first-order chi connectivity index (χ1) is 9.69. The predicted octanol–water partition coefficient (Wildman–Crippen LogP) is 6.33. The van der Waals surface area contributed by atoms with E-state index < -0.39 is 19.8 Å². The van der Waals surface area contributed by atoms with E-state index >= 15 is 0 Å². The van der Waals surface area contributed by atoms with Gasteiger partial charge < -0.3 is 0 Å². The first-order valence-corrected chi connectivity index (χ1v) is 10.4. The maximum atomic E-state index is 2.46. The summed E-state index contributed by atoms with van der Waals surface area (Å²) >= 11 is -1.18. The molecule has 1 aliphatic heterocycles. The van der Waals surface area contributed by atoms with Crippen LogP contribution in [0.25, 0.3) is 6.08 Å². The third kappa shape index (κ3) is 4.34. The molecular weight excluding hydrogens is 355 g/mol. The molecule has 0 aliphatic carbocycles. The zero-order valence-corrected chi connectivity index (χ0v) is 14.5. The molecule has 1 aromatic carbocycles. The molecule has 1 aromatic rings. The molecule has 1 heteroatoms. The Morgan fingerprint density at radius 1 is 1.25 bits per heavy atom. The third-order valence-corrected chi connectivity index (χ3v) is 7.83. The first kappa shape index (κ1) is 15.0. The molecule has 0 fully saturated rings. The number of rotatable bonds is 4. The van der Waals surface area contributed by atoms with Crippen LogP contribution >= 0.6 is 19.8 Å². The molecule has 0 spiro atoms. The van der Waals surface area contributed by atoms with E-state index in [1.807, 2.05) is 6.92 Å². The molecular formula is C19H21I. The minimum absolute atomic E-state index is 1.18. The number of hydrogen-bond acceptors (Lipinski definition) is 0. The van der Waals surface area contributed by atoms with Crippen LogP contribution in [0.2, 0.25) is 0 Å². The van der Waals surface area contributed by atoms with Crippen molar-refractivity contribution in [3.63, 3.8) is 0 Å². The van der Waals surface area contributed by atoms with E-state index in [1.165, 1.54) is 20.3 Å². The molecule has 0 saturated heterocycles. The summed E-state index contributed by atoms with van der Waals surface area (Å²) in [6.07, 6.45) is 12.9. The van der Waals surface area contributed by atoms with E-state index in [-0.39, 0.29) is 0 Å². The maximum absolute atomic E-state index is 2.46. The summed E-state index contributed by atoms with van der Waals surface area (Å²) in [7, 11) is 0. The van der Waals surface area contributed by atoms with Gasteiger partial charge in [0.05, 0.1) is 0 Å². The molecule has 2 rings (SSSR count). The van der Waals surface area contributed by atoms with Crippen LogP contribution in [-0.4, -0.2) is 0 Å². The van der Waals surface area contributed by atoms with Crippen LogP contribution in [0.4, 0.5) is 0 Å². The fraction of sp³-hybridized carbons (Fsp3) is 0.158. The van der Waals surface area contributed by atoms with Crippen LogP contribution in [0.5, 0.6) is 0 Å². The van der Waals surface area contributed by atoms with Gasteiger partial charge in [-0.3, -0.25) is 0 Å². The number of halogens is 1. The van der Waals surface area contributed by atoms with Gasteiger partial charge in [0.15, 0.2) is 0 Å². The van der Waals surface area contributed by atoms with Gasteiger partial charge in [0.1, 0.15) is 0 Å². The molecule has 0 nitrogen and oxygen atoms in total. The van der Waals surface area contributed by atoms with Crippen molar-refractivity contribution < 1.29 is 0 Å². The quantitative estimate of drug-likeness (QED) is 0.426. The fourth-order valence-electron chi connectivity index (χ4n) is 1.94. The molecule has 1 aliphatic rings. The Hall–Kier alpha value is -1.35. The summed E-state index contributed by atoms with van der Waals surface area (Å²) in [6, 6.07) is 8.94. The molecule has 0 radical (unpaired) electrons. The zero-order chi connectivity index (χ0) is 14.4. The molecule has 20 heavy (non-hydrogen) atoms. The first-order valence-electron chi connectivity index (χ1n) is 6.80. The van der Waals surface area contributed by atoms with Gasteiger partial charge in [-0.2, -0.15) is 0 Å². The van der Waals surface area contributed by atoms with Crippen molar-refractivity contribution in [2.75, 3.05) is 0 Å². The van der Waals surface area contributed by atoms with E-state index in [9.17, 15) is 0 Å². The molecule has 1 heterocycles. The van der Waals surface area contributed by atoms with Gasteiger partial charge >= 0.3 is 130 Å². The van der Waals surface area contributed by atoms with Crippen LogP contribution in [-0.2, 0) is 0 Å². The Morgan fingerprint density at radius 2 is 2.10 bits per heavy atom. The van der Waals surface area contributed by atoms with Crippen molar-refractivity contribution in [1.82, 2.24) is 0 Å². The van der Waals surface area contributed by atoms with Gasteiger partial charge in [-0.15, -0.1) is 0 Å². The zero-order valence-electron chi connectivity index (χ0n) is 12.3. The van der Waals surface area contributed by atoms with Crippen LogP contribution in [0.1, 0.15) is 26.3 Å². The summed E-state index contributed by atoms with van der Waals surface area (Å²) in [6.45, 7) is 6.35. The minimum atomic E-state index is -1.18. The molecule has 0 unspecified atom stereocenters. The van der Waals surface area contributed by atoms with Crippen molar-refractivity contribution >= 4 is 25.9 Å². The predicted molar refractivity (Wildman–Crippen MR) is 99.7 cm³/mol. The average molecular weight is 376 g/mol. The van der Waals surface area contributed by atoms with E-state index in [0.717, 1.165) is 0 Å². The monoisotopic (exact) mass is 376 g/mol. The Labute approximate surface area is 129 Å². The average Bonchev–Trinajstić information content (AvgIpc) is 2.86. The van der Waals surface area contributed by atoms with Gasteiger partial charge in [-0.05, 0) is 0 Å². The van der Waals surface area contributed by atoms with Gasteiger partial charge in [0, 0.05) is 0 Å². The van der Waals surface area contributed by atoms with Crippen molar-refractivity contribution in [2.45, 2.75) is 20.8 Å².